The van der Waals surface area contributed by atoms with Gasteiger partial charge in [-0.2, -0.15) is 0 Å². The molecule has 0 N–H and O–H groups in total. The third-order valence-electron chi connectivity index (χ3n) is 4.72. The predicted molar refractivity (Wildman–Crippen MR) is 104 cm³/mol. The van der Waals surface area contributed by atoms with E-state index in [4.69, 9.17) is 24.5 Å². The Kier molecular flexibility index (Phi) is 6.52. The van der Waals surface area contributed by atoms with Crippen molar-refractivity contribution in [3.8, 4) is 0 Å². The maximum absolute atomic E-state index is 12.6. The topological polar surface area (TPSA) is 103 Å². The van der Waals surface area contributed by atoms with Gasteiger partial charge in [-0.15, -0.1) is 0 Å². The molecule has 0 aliphatic carbocycles. The fourth-order valence-electron chi connectivity index (χ4n) is 3.19. The van der Waals surface area contributed by atoms with Gasteiger partial charge in [-0.25, -0.2) is 0 Å². The van der Waals surface area contributed by atoms with E-state index >= 15 is 0 Å². The van der Waals surface area contributed by atoms with Crippen molar-refractivity contribution in [3.63, 3.8) is 0 Å². The molecular weight excluding hydrogens is 382 g/mol. The number of esters is 1. The Morgan fingerprint density at radius 2 is 2.00 bits per heavy atom. The Bertz CT molecular complexity index is 735. The van der Waals surface area contributed by atoms with Gasteiger partial charge in [0.2, 0.25) is 0 Å². The minimum atomic E-state index is -0.659. The number of azide groups is 1. The molecular formula is C19H25N3O5S. The molecule has 9 heteroatoms. The zero-order valence-corrected chi connectivity index (χ0v) is 17.2. The average Bonchev–Trinajstić information content (AvgIpc) is 3.00. The monoisotopic (exact) mass is 407 g/mol. The molecule has 2 saturated heterocycles. The summed E-state index contributed by atoms with van der Waals surface area (Å²) in [4.78, 5) is 16.5. The quantitative estimate of drug-likeness (QED) is 0.320. The lowest BCUT2D eigenvalue weighted by Gasteiger charge is -2.36. The van der Waals surface area contributed by atoms with Crippen LogP contribution in [0.4, 0.5) is 0 Å². The Labute approximate surface area is 168 Å². The van der Waals surface area contributed by atoms with Crippen LogP contribution in [0.5, 0.6) is 0 Å². The third kappa shape index (κ3) is 4.45. The minimum Gasteiger partial charge on any atom is -0.455 e. The molecule has 2 aliphatic rings. The molecule has 6 atom stereocenters. The lowest BCUT2D eigenvalue weighted by atomic mass is 9.95. The summed E-state index contributed by atoms with van der Waals surface area (Å²) in [5, 5.41) is 3.88. The molecule has 3 rings (SSSR count). The number of rotatable bonds is 5. The molecule has 28 heavy (non-hydrogen) atoms. The SMILES string of the molecule is CO[C@@H]1CO[C@@H]2[C@H](O[C@H](Sc3ccccc3)[C@@H]2OC(=O)C(C)(C)C)[C@@H]1N=[N+]=[N-]. The molecule has 2 fully saturated rings. The summed E-state index contributed by atoms with van der Waals surface area (Å²) < 4.78 is 23.4. The number of fused-ring (bicyclic) bond motifs is 1. The fraction of sp³-hybridized carbons (Fsp3) is 0.632. The minimum absolute atomic E-state index is 0.233. The molecule has 0 radical (unpaired) electrons. The van der Waals surface area contributed by atoms with Gasteiger partial charge in [0.15, 0.2) is 6.10 Å². The first-order chi connectivity index (χ1) is 13.3. The molecule has 2 heterocycles. The van der Waals surface area contributed by atoms with Crippen molar-refractivity contribution in [3.05, 3.63) is 40.8 Å². The number of hydrogen-bond donors (Lipinski definition) is 0. The van der Waals surface area contributed by atoms with E-state index in [9.17, 15) is 4.79 Å². The number of carbonyl (C=O) groups is 1. The zero-order valence-electron chi connectivity index (χ0n) is 16.3. The number of ether oxygens (including phenoxy) is 4. The molecule has 0 unspecified atom stereocenters. The molecule has 1 aromatic carbocycles. The highest BCUT2D eigenvalue weighted by atomic mass is 32.2. The van der Waals surface area contributed by atoms with Gasteiger partial charge in [-0.05, 0) is 38.4 Å². The van der Waals surface area contributed by atoms with Crippen LogP contribution in [-0.2, 0) is 23.7 Å². The molecule has 0 amide bonds. The van der Waals surface area contributed by atoms with Gasteiger partial charge in [0, 0.05) is 16.9 Å². The predicted octanol–water partition coefficient (Wildman–Crippen LogP) is 3.55. The highest BCUT2D eigenvalue weighted by molar-refractivity contribution is 7.99. The van der Waals surface area contributed by atoms with Gasteiger partial charge in [0.05, 0.1) is 24.2 Å². The Morgan fingerprint density at radius 1 is 1.29 bits per heavy atom. The van der Waals surface area contributed by atoms with E-state index < -0.39 is 41.3 Å². The van der Waals surface area contributed by atoms with Crippen molar-refractivity contribution in [1.29, 1.82) is 0 Å². The first kappa shape index (κ1) is 21.0. The summed E-state index contributed by atoms with van der Waals surface area (Å²) in [6, 6.07) is 9.15. The Balaban J connectivity index is 1.88. The average molecular weight is 407 g/mol. The second kappa shape index (κ2) is 8.71. The van der Waals surface area contributed by atoms with Gasteiger partial charge in [-0.1, -0.05) is 35.1 Å². The lowest BCUT2D eigenvalue weighted by Crippen LogP contribution is -2.54. The standard InChI is InChI=1S/C19H25N3O5S/c1-19(2,3)18(23)27-16-15-14(13(21-22-20)12(24-4)10-25-15)26-17(16)28-11-8-6-5-7-9-11/h5-9,12-17H,10H2,1-4H3/t12-,13-,14-,15-,16-,17-/m1/s1. The van der Waals surface area contributed by atoms with E-state index in [1.807, 2.05) is 30.3 Å². The summed E-state index contributed by atoms with van der Waals surface area (Å²) in [7, 11) is 1.54. The second-order valence-corrected chi connectivity index (χ2v) is 8.96. The van der Waals surface area contributed by atoms with Gasteiger partial charge in [0.1, 0.15) is 17.6 Å². The van der Waals surface area contributed by atoms with Crippen molar-refractivity contribution < 1.29 is 23.7 Å². The van der Waals surface area contributed by atoms with Crippen molar-refractivity contribution >= 4 is 17.7 Å². The zero-order chi connectivity index (χ0) is 20.3. The van der Waals surface area contributed by atoms with Crippen LogP contribution >= 0.6 is 11.8 Å². The molecule has 152 valence electrons. The maximum atomic E-state index is 12.6. The summed E-state index contributed by atoms with van der Waals surface area (Å²) >= 11 is 1.45. The normalized spacial score (nSPS) is 32.3. The molecule has 0 aromatic heterocycles. The van der Waals surface area contributed by atoms with Crippen LogP contribution in [0.3, 0.4) is 0 Å². The number of thioether (sulfide) groups is 1. The van der Waals surface area contributed by atoms with E-state index in [1.165, 1.54) is 18.9 Å². The van der Waals surface area contributed by atoms with Crippen LogP contribution in [0, 0.1) is 5.41 Å². The number of carbonyl (C=O) groups excluding carboxylic acids is 1. The van der Waals surface area contributed by atoms with Gasteiger partial charge < -0.3 is 18.9 Å². The second-order valence-electron chi connectivity index (χ2n) is 7.79. The van der Waals surface area contributed by atoms with Gasteiger partial charge >= 0.3 is 5.97 Å². The summed E-state index contributed by atoms with van der Waals surface area (Å²) in [6.07, 6.45) is -2.14. The highest BCUT2D eigenvalue weighted by Gasteiger charge is 2.55. The van der Waals surface area contributed by atoms with Gasteiger partial charge in [0.25, 0.3) is 0 Å². The van der Waals surface area contributed by atoms with Crippen molar-refractivity contribution in [2.45, 2.75) is 61.6 Å². The fourth-order valence-corrected chi connectivity index (χ4v) is 4.30. The molecule has 8 nitrogen and oxygen atoms in total. The van der Waals surface area contributed by atoms with E-state index in [1.54, 1.807) is 20.8 Å². The van der Waals surface area contributed by atoms with Crippen molar-refractivity contribution in [1.82, 2.24) is 0 Å². The maximum Gasteiger partial charge on any atom is 0.311 e. The first-order valence-electron chi connectivity index (χ1n) is 9.12. The van der Waals surface area contributed by atoms with Crippen LogP contribution in [0.15, 0.2) is 40.3 Å². The molecule has 0 spiro atoms. The number of hydrogen-bond acceptors (Lipinski definition) is 7. The first-order valence-corrected chi connectivity index (χ1v) is 10.00. The highest BCUT2D eigenvalue weighted by Crippen LogP contribution is 2.42. The van der Waals surface area contributed by atoms with Crippen LogP contribution in [-0.4, -0.2) is 55.6 Å². The molecule has 1 aromatic rings. The lowest BCUT2D eigenvalue weighted by molar-refractivity contribution is -0.171. The van der Waals surface area contributed by atoms with E-state index in [2.05, 4.69) is 10.0 Å². The number of nitrogens with zero attached hydrogens (tertiary/aromatic N) is 3. The molecule has 2 aliphatic heterocycles. The van der Waals surface area contributed by atoms with E-state index in [0.29, 0.717) is 0 Å². The van der Waals surface area contributed by atoms with Crippen molar-refractivity contribution in [2.24, 2.45) is 10.5 Å². The smallest absolute Gasteiger partial charge is 0.311 e. The van der Waals surface area contributed by atoms with Crippen LogP contribution in [0.25, 0.3) is 10.4 Å². The van der Waals surface area contributed by atoms with Crippen LogP contribution < -0.4 is 0 Å². The summed E-state index contributed by atoms with van der Waals surface area (Å²) in [5.41, 5.74) is 7.84. The van der Waals surface area contributed by atoms with E-state index in [-0.39, 0.29) is 12.6 Å². The number of benzene rings is 1. The largest absolute Gasteiger partial charge is 0.455 e. The Hall–Kier alpha value is -1.77. The number of methoxy groups -OCH3 is 1. The Morgan fingerprint density at radius 3 is 2.61 bits per heavy atom. The third-order valence-corrected chi connectivity index (χ3v) is 5.87. The van der Waals surface area contributed by atoms with Gasteiger partial charge in [-0.3, -0.25) is 4.79 Å². The summed E-state index contributed by atoms with van der Waals surface area (Å²) in [5.74, 6) is -0.335. The molecule has 0 saturated carbocycles. The van der Waals surface area contributed by atoms with Crippen LogP contribution in [0.2, 0.25) is 0 Å². The van der Waals surface area contributed by atoms with Crippen LogP contribution in [0.1, 0.15) is 20.8 Å². The van der Waals surface area contributed by atoms with E-state index in [0.717, 1.165) is 4.90 Å². The summed E-state index contributed by atoms with van der Waals surface area (Å²) in [6.45, 7) is 5.63. The van der Waals surface area contributed by atoms with Crippen molar-refractivity contribution in [2.75, 3.05) is 13.7 Å². The molecule has 0 bridgehead atoms.